The number of sulfonamides is 1. The van der Waals surface area contributed by atoms with Gasteiger partial charge in [-0.2, -0.15) is 4.31 Å². The fourth-order valence-corrected chi connectivity index (χ4v) is 8.88. The number of benzene rings is 2. The molecule has 0 saturated heterocycles. The third kappa shape index (κ3) is 10.5. The van der Waals surface area contributed by atoms with Crippen LogP contribution in [-0.2, 0) is 19.5 Å². The molecule has 280 valence electrons. The lowest BCUT2D eigenvalue weighted by Gasteiger charge is -2.52. The summed E-state index contributed by atoms with van der Waals surface area (Å²) in [5.74, 6) is 0.0272. The predicted molar refractivity (Wildman–Crippen MR) is 209 cm³/mol. The molecule has 0 N–H and O–H groups in total. The van der Waals surface area contributed by atoms with Crippen LogP contribution in [0.5, 0.6) is 5.75 Å². The van der Waals surface area contributed by atoms with Crippen molar-refractivity contribution in [3.8, 4) is 5.75 Å². The highest BCUT2D eigenvalue weighted by atomic mass is 127. The van der Waals surface area contributed by atoms with Crippen molar-refractivity contribution in [1.29, 1.82) is 0 Å². The van der Waals surface area contributed by atoms with Crippen molar-refractivity contribution in [1.82, 2.24) is 4.31 Å². The first kappa shape index (κ1) is 43.7. The van der Waals surface area contributed by atoms with Crippen LogP contribution in [0.15, 0.2) is 47.4 Å². The van der Waals surface area contributed by atoms with Crippen molar-refractivity contribution >= 4 is 39.7 Å². The first-order chi connectivity index (χ1) is 23.0. The van der Waals surface area contributed by atoms with Crippen LogP contribution in [0.2, 0.25) is 0 Å². The molecule has 2 unspecified atom stereocenters. The molecule has 0 aromatic heterocycles. The lowest BCUT2D eigenvalue weighted by molar-refractivity contribution is -0.923. The number of fused-ring (bicyclic) bond motifs is 1. The third-order valence-electron chi connectivity index (χ3n) is 10.7. The molecule has 0 spiro atoms. The molecular formula is C38H64IN3O6S. The van der Waals surface area contributed by atoms with Gasteiger partial charge in [0.1, 0.15) is 18.9 Å². The summed E-state index contributed by atoms with van der Waals surface area (Å²) in [6.07, 6.45) is 3.20. The van der Waals surface area contributed by atoms with E-state index in [2.05, 4.69) is 34.6 Å². The van der Waals surface area contributed by atoms with Gasteiger partial charge in [0, 0.05) is 32.4 Å². The van der Waals surface area contributed by atoms with Gasteiger partial charge >= 0.3 is 0 Å². The Bertz CT molecular complexity index is 1340. The minimum Gasteiger partial charge on any atom is -0.850 e. The van der Waals surface area contributed by atoms with Gasteiger partial charge in [0.25, 0.3) is 0 Å². The molecule has 2 atom stereocenters. The molecule has 1 heterocycles. The molecule has 0 radical (unpaired) electrons. The number of nitrogens with zero attached hydrogens (tertiary/aromatic N) is 3. The average Bonchev–Trinajstić information content (AvgIpc) is 3.14. The van der Waals surface area contributed by atoms with Gasteiger partial charge in [-0.1, -0.05) is 57.8 Å². The number of likely N-dealkylation sites (N-methyl/N-ethyl adjacent to an activating group) is 2. The summed E-state index contributed by atoms with van der Waals surface area (Å²) in [6, 6.07) is 13.0. The Morgan fingerprint density at radius 3 is 1.92 bits per heavy atom. The molecule has 11 heteroatoms. The Labute approximate surface area is 315 Å². The molecule has 0 fully saturated rings. The molecule has 1 aliphatic rings. The summed E-state index contributed by atoms with van der Waals surface area (Å²) in [5.41, 5.74) is 1.18. The Kier molecular flexibility index (Phi) is 18.3. The van der Waals surface area contributed by atoms with Gasteiger partial charge in [0.05, 0.1) is 51.0 Å². The van der Waals surface area contributed by atoms with Crippen LogP contribution in [0.25, 0.3) is 0 Å². The number of halogens is 1. The van der Waals surface area contributed by atoms with Crippen molar-refractivity contribution in [3.63, 3.8) is 0 Å². The average molecular weight is 818 g/mol. The maximum Gasteiger partial charge on any atom is 0.243 e. The minimum atomic E-state index is -3.92. The third-order valence-corrected chi connectivity index (χ3v) is 12.7. The second-order valence-corrected chi connectivity index (χ2v) is 15.4. The van der Waals surface area contributed by atoms with Crippen molar-refractivity contribution in [3.05, 3.63) is 53.6 Å². The zero-order chi connectivity index (χ0) is 35.4. The molecule has 9 nitrogen and oxygen atoms in total. The van der Waals surface area contributed by atoms with E-state index in [1.165, 1.54) is 4.31 Å². The summed E-state index contributed by atoms with van der Waals surface area (Å²) in [6.45, 7) is 17.9. The first-order valence-corrected chi connectivity index (χ1v) is 19.6. The topological polar surface area (TPSA) is 91.4 Å². The second-order valence-electron chi connectivity index (χ2n) is 13.5. The van der Waals surface area contributed by atoms with E-state index in [-0.39, 0.29) is 28.9 Å². The lowest BCUT2D eigenvalue weighted by Crippen LogP contribution is -2.62. The van der Waals surface area contributed by atoms with Crippen molar-refractivity contribution < 1.29 is 32.2 Å². The zero-order valence-corrected chi connectivity index (χ0v) is 34.6. The number of anilines is 1. The summed E-state index contributed by atoms with van der Waals surface area (Å²) in [4.78, 5) is 2.16. The Morgan fingerprint density at radius 1 is 0.837 bits per heavy atom. The summed E-state index contributed by atoms with van der Waals surface area (Å²) in [7, 11) is 1.55. The first-order valence-electron chi connectivity index (χ1n) is 18.2. The van der Waals surface area contributed by atoms with Crippen LogP contribution in [0.1, 0.15) is 90.2 Å². The van der Waals surface area contributed by atoms with Crippen LogP contribution >= 0.6 is 24.0 Å². The molecule has 2 aromatic rings. The predicted octanol–water partition coefficient (Wildman–Crippen LogP) is 6.27. The summed E-state index contributed by atoms with van der Waals surface area (Å²) < 4.78 is 48.6. The van der Waals surface area contributed by atoms with E-state index in [1.54, 1.807) is 13.1 Å². The van der Waals surface area contributed by atoms with Gasteiger partial charge in [-0.3, -0.25) is 0 Å². The van der Waals surface area contributed by atoms with Crippen LogP contribution in [-0.4, -0.2) is 109 Å². The van der Waals surface area contributed by atoms with Gasteiger partial charge < -0.3 is 28.7 Å². The molecule has 0 amide bonds. The van der Waals surface area contributed by atoms with Crippen molar-refractivity contribution in [2.24, 2.45) is 0 Å². The highest BCUT2D eigenvalue weighted by Crippen LogP contribution is 2.47. The number of hydrogen-bond acceptors (Lipinski definition) is 7. The van der Waals surface area contributed by atoms with E-state index in [1.807, 2.05) is 55.4 Å². The maximum atomic E-state index is 15.0. The minimum absolute atomic E-state index is 0. The summed E-state index contributed by atoms with van der Waals surface area (Å²) in [5, 5.41) is 15.0. The molecule has 0 saturated carbocycles. The number of ether oxygens (including phenoxy) is 3. The zero-order valence-electron chi connectivity index (χ0n) is 31.4. The van der Waals surface area contributed by atoms with Crippen molar-refractivity contribution in [2.75, 3.05) is 85.3 Å². The molecule has 1 aliphatic heterocycles. The van der Waals surface area contributed by atoms with E-state index < -0.39 is 27.6 Å². The van der Waals surface area contributed by atoms with Crippen LogP contribution in [0, 0.1) is 0 Å². The Hall–Kier alpha value is -1.48. The SMILES string of the molecule is CCCCC1(CCCC)C([O-])C(c2ccc(OCCOCCOCC[N+](CC)(CC)CC)cc2)c2cc(N(C)C)ccc2S(=O)(=O)N1C.I. The lowest BCUT2D eigenvalue weighted by atomic mass is 9.72. The van der Waals surface area contributed by atoms with Gasteiger partial charge in [-0.15, -0.1) is 24.0 Å². The van der Waals surface area contributed by atoms with E-state index >= 15 is 5.11 Å². The standard InChI is InChI=1S/C38H63N3O6S.HI/c1-9-14-22-38(23-15-10-2)37(42)36(34-30-32(39(6)7)18-21-35(34)48(43,44)40(38)8)31-16-19-33(20-17-31)47-29-28-46-27-26-45-25-24-41(11-3,12-4)13-5;/h16-21,30,36-37H,9-15,22-29H2,1-8H3;1H. The molecule has 49 heavy (non-hydrogen) atoms. The highest BCUT2D eigenvalue weighted by molar-refractivity contribution is 14.0. The van der Waals surface area contributed by atoms with Gasteiger partial charge in [0.2, 0.25) is 10.0 Å². The number of rotatable bonds is 21. The molecule has 0 aliphatic carbocycles. The summed E-state index contributed by atoms with van der Waals surface area (Å²) >= 11 is 0. The van der Waals surface area contributed by atoms with E-state index in [9.17, 15) is 8.42 Å². The van der Waals surface area contributed by atoms with Crippen LogP contribution in [0.3, 0.4) is 0 Å². The Balaban J connectivity index is 0.00000833. The van der Waals surface area contributed by atoms with Crippen molar-refractivity contribution in [2.45, 2.75) is 95.6 Å². The number of unbranched alkanes of at least 4 members (excludes halogenated alkanes) is 2. The molecule has 2 aromatic carbocycles. The van der Waals surface area contributed by atoms with Crippen LogP contribution < -0.4 is 14.7 Å². The number of quaternary nitrogens is 1. The Morgan fingerprint density at radius 2 is 1.39 bits per heavy atom. The van der Waals surface area contributed by atoms with E-state index in [0.717, 1.165) is 74.2 Å². The highest BCUT2D eigenvalue weighted by Gasteiger charge is 2.49. The monoisotopic (exact) mass is 817 g/mol. The number of hydrogen-bond donors (Lipinski definition) is 0. The van der Waals surface area contributed by atoms with Gasteiger partial charge in [0.15, 0.2) is 0 Å². The fraction of sp³-hybridized carbons (Fsp3) is 0.684. The van der Waals surface area contributed by atoms with Crippen LogP contribution in [0.4, 0.5) is 5.69 Å². The maximum absolute atomic E-state index is 15.0. The smallest absolute Gasteiger partial charge is 0.243 e. The van der Waals surface area contributed by atoms with E-state index in [4.69, 9.17) is 14.2 Å². The quantitative estimate of drug-likeness (QED) is 0.0834. The largest absolute Gasteiger partial charge is 0.850 e. The van der Waals surface area contributed by atoms with Gasteiger partial charge in [-0.05, 0) is 81.0 Å². The molecular weight excluding hydrogens is 753 g/mol. The molecule has 3 rings (SSSR count). The van der Waals surface area contributed by atoms with E-state index in [0.29, 0.717) is 50.6 Å². The normalized spacial score (nSPS) is 18.7. The van der Waals surface area contributed by atoms with Gasteiger partial charge in [-0.25, -0.2) is 8.42 Å². The second kappa shape index (κ2) is 20.5. The fourth-order valence-electron chi connectivity index (χ4n) is 7.09. The molecule has 0 bridgehead atoms.